The summed E-state index contributed by atoms with van der Waals surface area (Å²) < 4.78 is 0. The number of hydrogen-bond donors (Lipinski definition) is 1. The van der Waals surface area contributed by atoms with Crippen molar-refractivity contribution in [1.29, 1.82) is 0 Å². The number of carbonyl (C=O) groups excluding carboxylic acids is 1. The fourth-order valence-electron chi connectivity index (χ4n) is 2.30. The number of nitrogens with zero attached hydrogens (tertiary/aromatic N) is 1. The summed E-state index contributed by atoms with van der Waals surface area (Å²) >= 11 is 1.69. The Kier molecular flexibility index (Phi) is 5.28. The number of carbonyl (C=O) groups is 1. The molecule has 1 aromatic carbocycles. The lowest BCUT2D eigenvalue weighted by atomic mass is 10.0. The van der Waals surface area contributed by atoms with Crippen molar-refractivity contribution in [3.63, 3.8) is 0 Å². The molecule has 1 heterocycles. The summed E-state index contributed by atoms with van der Waals surface area (Å²) in [6.45, 7) is 2.85. The Morgan fingerprint density at radius 2 is 2.26 bits per heavy atom. The molecular weight excluding hydrogens is 256 g/mol. The standard InChI is InChI=1S/C15H22N2OS/c1-12(16)8-10-19-11-15(18)17-9-4-6-13-5-2-3-7-14(13)17/h2-3,5,7,12H,4,6,8-11,16H2,1H3. The molecule has 104 valence electrons. The van der Waals surface area contributed by atoms with Gasteiger partial charge in [0.2, 0.25) is 5.91 Å². The smallest absolute Gasteiger partial charge is 0.236 e. The van der Waals surface area contributed by atoms with Gasteiger partial charge in [0.1, 0.15) is 0 Å². The molecule has 0 saturated heterocycles. The van der Waals surface area contributed by atoms with E-state index in [9.17, 15) is 4.79 Å². The lowest BCUT2D eigenvalue weighted by Gasteiger charge is -2.29. The highest BCUT2D eigenvalue weighted by Gasteiger charge is 2.21. The monoisotopic (exact) mass is 278 g/mol. The van der Waals surface area contributed by atoms with Crippen molar-refractivity contribution in [2.24, 2.45) is 5.73 Å². The SMILES string of the molecule is CC(N)CCSCC(=O)N1CCCc2ccccc21. The van der Waals surface area contributed by atoms with Gasteiger partial charge in [0.25, 0.3) is 0 Å². The molecule has 0 fully saturated rings. The maximum Gasteiger partial charge on any atom is 0.236 e. The number of thioether (sulfide) groups is 1. The number of para-hydroxylation sites is 1. The highest BCUT2D eigenvalue weighted by molar-refractivity contribution is 7.99. The number of hydrogen-bond acceptors (Lipinski definition) is 3. The third-order valence-electron chi connectivity index (χ3n) is 3.35. The fourth-order valence-corrected chi connectivity index (χ4v) is 3.31. The van der Waals surface area contributed by atoms with Crippen LogP contribution in [0.25, 0.3) is 0 Å². The van der Waals surface area contributed by atoms with Crippen molar-refractivity contribution < 1.29 is 4.79 Å². The van der Waals surface area contributed by atoms with E-state index in [1.165, 1.54) is 5.56 Å². The zero-order chi connectivity index (χ0) is 13.7. The number of anilines is 1. The molecule has 0 spiro atoms. The largest absolute Gasteiger partial charge is 0.328 e. The number of benzene rings is 1. The predicted molar refractivity (Wildman–Crippen MR) is 82.7 cm³/mol. The van der Waals surface area contributed by atoms with E-state index in [0.717, 1.165) is 37.2 Å². The molecule has 3 nitrogen and oxygen atoms in total. The van der Waals surface area contributed by atoms with Crippen LogP contribution < -0.4 is 10.6 Å². The van der Waals surface area contributed by atoms with E-state index in [1.807, 2.05) is 24.0 Å². The van der Waals surface area contributed by atoms with Crippen LogP contribution in [0.2, 0.25) is 0 Å². The fraction of sp³-hybridized carbons (Fsp3) is 0.533. The Labute approximate surface area is 119 Å². The van der Waals surface area contributed by atoms with Crippen molar-refractivity contribution >= 4 is 23.4 Å². The maximum absolute atomic E-state index is 12.3. The quantitative estimate of drug-likeness (QED) is 0.842. The first-order valence-corrected chi connectivity index (χ1v) is 8.05. The molecule has 1 aliphatic rings. The van der Waals surface area contributed by atoms with Gasteiger partial charge in [0, 0.05) is 18.3 Å². The number of aryl methyl sites for hydroxylation is 1. The van der Waals surface area contributed by atoms with Gasteiger partial charge < -0.3 is 10.6 Å². The van der Waals surface area contributed by atoms with Crippen LogP contribution in [0.5, 0.6) is 0 Å². The summed E-state index contributed by atoms with van der Waals surface area (Å²) in [6, 6.07) is 8.45. The molecule has 0 saturated carbocycles. The molecule has 19 heavy (non-hydrogen) atoms. The molecule has 1 amide bonds. The summed E-state index contributed by atoms with van der Waals surface area (Å²) in [4.78, 5) is 14.2. The Hall–Kier alpha value is -1.00. The average Bonchev–Trinajstić information content (AvgIpc) is 2.42. The van der Waals surface area contributed by atoms with Crippen LogP contribution in [0.4, 0.5) is 5.69 Å². The van der Waals surface area contributed by atoms with E-state index in [1.54, 1.807) is 11.8 Å². The van der Waals surface area contributed by atoms with Gasteiger partial charge in [-0.15, -0.1) is 0 Å². The van der Waals surface area contributed by atoms with E-state index in [2.05, 4.69) is 12.1 Å². The minimum Gasteiger partial charge on any atom is -0.328 e. The van der Waals surface area contributed by atoms with E-state index >= 15 is 0 Å². The number of nitrogens with two attached hydrogens (primary N) is 1. The van der Waals surface area contributed by atoms with Crippen LogP contribution >= 0.6 is 11.8 Å². The van der Waals surface area contributed by atoms with Gasteiger partial charge in [-0.05, 0) is 43.6 Å². The van der Waals surface area contributed by atoms with Crippen LogP contribution in [0.15, 0.2) is 24.3 Å². The molecule has 2 N–H and O–H groups in total. The van der Waals surface area contributed by atoms with Gasteiger partial charge >= 0.3 is 0 Å². The Morgan fingerprint density at radius 1 is 1.47 bits per heavy atom. The third-order valence-corrected chi connectivity index (χ3v) is 4.33. The molecule has 0 radical (unpaired) electrons. The summed E-state index contributed by atoms with van der Waals surface area (Å²) in [5, 5.41) is 0. The van der Waals surface area contributed by atoms with Gasteiger partial charge in [0.05, 0.1) is 5.75 Å². The highest BCUT2D eigenvalue weighted by atomic mass is 32.2. The lowest BCUT2D eigenvalue weighted by Crippen LogP contribution is -2.36. The molecule has 0 aliphatic carbocycles. The van der Waals surface area contributed by atoms with Crippen molar-refractivity contribution in [2.45, 2.75) is 32.2 Å². The summed E-state index contributed by atoms with van der Waals surface area (Å²) in [6.07, 6.45) is 3.11. The van der Waals surface area contributed by atoms with Crippen LogP contribution in [-0.4, -0.2) is 30.0 Å². The Balaban J connectivity index is 1.90. The van der Waals surface area contributed by atoms with Crippen LogP contribution in [0, 0.1) is 0 Å². The molecule has 1 aromatic rings. The second-order valence-electron chi connectivity index (χ2n) is 5.10. The highest BCUT2D eigenvalue weighted by Crippen LogP contribution is 2.27. The summed E-state index contributed by atoms with van der Waals surface area (Å²) in [5.41, 5.74) is 8.10. The Bertz CT molecular complexity index is 434. The molecule has 1 unspecified atom stereocenters. The van der Waals surface area contributed by atoms with E-state index in [4.69, 9.17) is 5.73 Å². The van der Waals surface area contributed by atoms with Gasteiger partial charge in [0.15, 0.2) is 0 Å². The lowest BCUT2D eigenvalue weighted by molar-refractivity contribution is -0.116. The van der Waals surface area contributed by atoms with Gasteiger partial charge in [-0.3, -0.25) is 4.79 Å². The zero-order valence-electron chi connectivity index (χ0n) is 11.5. The first-order valence-electron chi connectivity index (χ1n) is 6.90. The van der Waals surface area contributed by atoms with Gasteiger partial charge in [-0.25, -0.2) is 0 Å². The molecule has 0 bridgehead atoms. The van der Waals surface area contributed by atoms with Gasteiger partial charge in [-0.2, -0.15) is 11.8 Å². The molecule has 0 aromatic heterocycles. The van der Waals surface area contributed by atoms with Crippen molar-refractivity contribution in [3.8, 4) is 0 Å². The minimum absolute atomic E-state index is 0.221. The van der Waals surface area contributed by atoms with Crippen LogP contribution in [0.3, 0.4) is 0 Å². The zero-order valence-corrected chi connectivity index (χ0v) is 12.3. The topological polar surface area (TPSA) is 46.3 Å². The molecule has 4 heteroatoms. The number of rotatable bonds is 5. The molecule has 1 aliphatic heterocycles. The predicted octanol–water partition coefficient (Wildman–Crippen LogP) is 2.44. The number of amides is 1. The average molecular weight is 278 g/mol. The second-order valence-corrected chi connectivity index (χ2v) is 6.20. The van der Waals surface area contributed by atoms with E-state index in [0.29, 0.717) is 5.75 Å². The van der Waals surface area contributed by atoms with E-state index < -0.39 is 0 Å². The second kappa shape index (κ2) is 6.96. The van der Waals surface area contributed by atoms with Crippen molar-refractivity contribution in [3.05, 3.63) is 29.8 Å². The van der Waals surface area contributed by atoms with Crippen molar-refractivity contribution in [1.82, 2.24) is 0 Å². The van der Waals surface area contributed by atoms with Gasteiger partial charge in [-0.1, -0.05) is 18.2 Å². The van der Waals surface area contributed by atoms with E-state index in [-0.39, 0.29) is 11.9 Å². The maximum atomic E-state index is 12.3. The Morgan fingerprint density at radius 3 is 3.05 bits per heavy atom. The first-order chi connectivity index (χ1) is 9.18. The van der Waals surface area contributed by atoms with Crippen LogP contribution in [0.1, 0.15) is 25.3 Å². The molecular formula is C15H22N2OS. The summed E-state index contributed by atoms with van der Waals surface area (Å²) in [5.74, 6) is 1.74. The normalized spacial score (nSPS) is 16.0. The first kappa shape index (κ1) is 14.4. The third kappa shape index (κ3) is 3.98. The minimum atomic E-state index is 0.221. The number of fused-ring (bicyclic) bond motifs is 1. The molecule has 1 atom stereocenters. The molecule has 2 rings (SSSR count). The van der Waals surface area contributed by atoms with Crippen molar-refractivity contribution in [2.75, 3.05) is 23.0 Å². The van der Waals surface area contributed by atoms with Crippen LogP contribution in [-0.2, 0) is 11.2 Å². The summed E-state index contributed by atoms with van der Waals surface area (Å²) in [7, 11) is 0.